The van der Waals surface area contributed by atoms with Crippen LogP contribution in [0.5, 0.6) is 0 Å². The molecule has 6 heteroatoms. The molecule has 0 N–H and O–H groups in total. The summed E-state index contributed by atoms with van der Waals surface area (Å²) in [6.45, 7) is 5.78. The van der Waals surface area contributed by atoms with Crippen molar-refractivity contribution in [3.8, 4) is 6.07 Å². The molecule has 1 saturated heterocycles. The lowest BCUT2D eigenvalue weighted by molar-refractivity contribution is 0.169. The van der Waals surface area contributed by atoms with Gasteiger partial charge >= 0.3 is 0 Å². The molecule has 1 aromatic rings. The van der Waals surface area contributed by atoms with E-state index < -0.39 is 10.0 Å². The van der Waals surface area contributed by atoms with Crippen molar-refractivity contribution in [1.29, 1.82) is 5.26 Å². The highest BCUT2D eigenvalue weighted by molar-refractivity contribution is 7.89. The molecule has 0 saturated carbocycles. The number of nitrogens with zero attached hydrogens (tertiary/aromatic N) is 3. The van der Waals surface area contributed by atoms with E-state index in [0.717, 1.165) is 5.56 Å². The van der Waals surface area contributed by atoms with Crippen molar-refractivity contribution in [2.24, 2.45) is 0 Å². The number of sulfonamides is 1. The monoisotopic (exact) mass is 293 g/mol. The van der Waals surface area contributed by atoms with Gasteiger partial charge in [0.25, 0.3) is 0 Å². The second-order valence-electron chi connectivity index (χ2n) is 5.06. The van der Waals surface area contributed by atoms with E-state index in [0.29, 0.717) is 31.1 Å². The highest BCUT2D eigenvalue weighted by atomic mass is 32.2. The number of nitriles is 1. The van der Waals surface area contributed by atoms with Gasteiger partial charge in [-0.05, 0) is 31.5 Å². The third-order valence-corrected chi connectivity index (χ3v) is 5.53. The third kappa shape index (κ3) is 3.01. The lowest BCUT2D eigenvalue weighted by Gasteiger charge is -2.35. The van der Waals surface area contributed by atoms with Gasteiger partial charge in [0.15, 0.2) is 0 Å². The summed E-state index contributed by atoms with van der Waals surface area (Å²) in [5.41, 5.74) is 0.933. The molecule has 1 fully saturated rings. The summed E-state index contributed by atoms with van der Waals surface area (Å²) in [5.74, 6) is 0. The zero-order valence-electron chi connectivity index (χ0n) is 11.8. The van der Waals surface area contributed by atoms with Crippen molar-refractivity contribution in [3.63, 3.8) is 0 Å². The fourth-order valence-corrected chi connectivity index (χ4v) is 3.87. The average molecular weight is 293 g/mol. The van der Waals surface area contributed by atoms with Gasteiger partial charge in [0.2, 0.25) is 10.0 Å². The number of hydrogen-bond donors (Lipinski definition) is 0. The van der Waals surface area contributed by atoms with Crippen LogP contribution in [0.2, 0.25) is 0 Å². The van der Waals surface area contributed by atoms with Crippen LogP contribution in [-0.4, -0.2) is 49.8 Å². The largest absolute Gasteiger partial charge is 0.286 e. The maximum atomic E-state index is 12.5. The second-order valence-corrected chi connectivity index (χ2v) is 7.00. The summed E-state index contributed by atoms with van der Waals surface area (Å²) < 4.78 is 26.6. The molecular formula is C14H19N3O2S. The minimum Gasteiger partial charge on any atom is -0.286 e. The van der Waals surface area contributed by atoms with Crippen LogP contribution in [0.4, 0.5) is 0 Å². The molecule has 0 aromatic heterocycles. The van der Waals surface area contributed by atoms with E-state index in [-0.39, 0.29) is 6.04 Å². The van der Waals surface area contributed by atoms with Gasteiger partial charge in [-0.25, -0.2) is 8.42 Å². The van der Waals surface area contributed by atoms with Crippen LogP contribution >= 0.6 is 0 Å². The quantitative estimate of drug-likeness (QED) is 0.840. The summed E-state index contributed by atoms with van der Waals surface area (Å²) in [6, 6.07) is 8.98. The summed E-state index contributed by atoms with van der Waals surface area (Å²) >= 11 is 0. The zero-order chi connectivity index (χ0) is 14.8. The topological polar surface area (TPSA) is 64.4 Å². The van der Waals surface area contributed by atoms with E-state index in [1.54, 1.807) is 18.2 Å². The fraction of sp³-hybridized carbons (Fsp3) is 0.500. The van der Waals surface area contributed by atoms with E-state index >= 15 is 0 Å². The van der Waals surface area contributed by atoms with Gasteiger partial charge in [0.1, 0.15) is 0 Å². The Balaban J connectivity index is 2.12. The molecule has 20 heavy (non-hydrogen) atoms. The molecule has 1 unspecified atom stereocenters. The first kappa shape index (κ1) is 15.0. The highest BCUT2D eigenvalue weighted by Crippen LogP contribution is 2.19. The molecule has 2 rings (SSSR count). The normalized spacial score (nSPS) is 19.4. The number of piperazine rings is 1. The predicted molar refractivity (Wildman–Crippen MR) is 76.6 cm³/mol. The smallest absolute Gasteiger partial charge is 0.243 e. The molecule has 0 spiro atoms. The Labute approximate surface area is 120 Å². The van der Waals surface area contributed by atoms with Crippen molar-refractivity contribution < 1.29 is 8.42 Å². The molecule has 0 bridgehead atoms. The van der Waals surface area contributed by atoms with E-state index in [1.165, 1.54) is 4.31 Å². The SMILES string of the molecule is Cc1cccc(S(=O)(=O)N2CCN(C(C)C#N)CC2)c1. The van der Waals surface area contributed by atoms with Crippen molar-refractivity contribution >= 4 is 10.0 Å². The minimum atomic E-state index is -3.42. The summed E-state index contributed by atoms with van der Waals surface area (Å²) in [4.78, 5) is 2.35. The van der Waals surface area contributed by atoms with Crippen LogP contribution in [0.1, 0.15) is 12.5 Å². The second kappa shape index (κ2) is 5.92. The standard InChI is InChI=1S/C14H19N3O2S/c1-12-4-3-5-14(10-12)20(18,19)17-8-6-16(7-9-17)13(2)11-15/h3-5,10,13H,6-9H2,1-2H3. The van der Waals surface area contributed by atoms with Gasteiger partial charge in [-0.3, -0.25) is 4.90 Å². The molecule has 0 amide bonds. The Bertz CT molecular complexity index is 614. The Morgan fingerprint density at radius 2 is 1.90 bits per heavy atom. The Morgan fingerprint density at radius 3 is 2.45 bits per heavy atom. The number of hydrogen-bond acceptors (Lipinski definition) is 4. The molecule has 1 aliphatic heterocycles. The van der Waals surface area contributed by atoms with Gasteiger partial charge in [-0.1, -0.05) is 12.1 Å². The lowest BCUT2D eigenvalue weighted by Crippen LogP contribution is -2.50. The molecular weight excluding hydrogens is 274 g/mol. The summed E-state index contributed by atoms with van der Waals surface area (Å²) in [5, 5.41) is 8.90. The van der Waals surface area contributed by atoms with E-state index in [1.807, 2.05) is 24.8 Å². The van der Waals surface area contributed by atoms with E-state index in [4.69, 9.17) is 5.26 Å². The molecule has 1 aromatic carbocycles. The van der Waals surface area contributed by atoms with Crippen LogP contribution in [0, 0.1) is 18.3 Å². The summed E-state index contributed by atoms with van der Waals surface area (Å²) in [7, 11) is -3.42. The average Bonchev–Trinajstić information content (AvgIpc) is 2.46. The van der Waals surface area contributed by atoms with Gasteiger partial charge in [0.05, 0.1) is 17.0 Å². The maximum Gasteiger partial charge on any atom is 0.243 e. The maximum absolute atomic E-state index is 12.5. The molecule has 0 radical (unpaired) electrons. The van der Waals surface area contributed by atoms with Gasteiger partial charge < -0.3 is 0 Å². The lowest BCUT2D eigenvalue weighted by atomic mass is 10.2. The molecule has 1 heterocycles. The van der Waals surface area contributed by atoms with Crippen molar-refractivity contribution in [1.82, 2.24) is 9.21 Å². The summed E-state index contributed by atoms with van der Waals surface area (Å²) in [6.07, 6.45) is 0. The first-order valence-electron chi connectivity index (χ1n) is 6.65. The Kier molecular flexibility index (Phi) is 4.43. The van der Waals surface area contributed by atoms with Gasteiger partial charge in [-0.15, -0.1) is 0 Å². The van der Waals surface area contributed by atoms with Crippen molar-refractivity contribution in [3.05, 3.63) is 29.8 Å². The van der Waals surface area contributed by atoms with Crippen LogP contribution in [-0.2, 0) is 10.0 Å². The fourth-order valence-electron chi connectivity index (χ4n) is 2.34. The van der Waals surface area contributed by atoms with E-state index in [9.17, 15) is 8.42 Å². The first-order valence-corrected chi connectivity index (χ1v) is 8.09. The van der Waals surface area contributed by atoms with E-state index in [2.05, 4.69) is 6.07 Å². The molecule has 5 nitrogen and oxygen atoms in total. The molecule has 1 aliphatic rings. The molecule has 1 atom stereocenters. The molecule has 108 valence electrons. The highest BCUT2D eigenvalue weighted by Gasteiger charge is 2.29. The van der Waals surface area contributed by atoms with Crippen molar-refractivity contribution in [2.45, 2.75) is 24.8 Å². The van der Waals surface area contributed by atoms with Gasteiger partial charge in [0, 0.05) is 26.2 Å². The Morgan fingerprint density at radius 1 is 1.25 bits per heavy atom. The first-order chi connectivity index (χ1) is 9.45. The van der Waals surface area contributed by atoms with Crippen LogP contribution in [0.25, 0.3) is 0 Å². The van der Waals surface area contributed by atoms with Crippen LogP contribution in [0.3, 0.4) is 0 Å². The number of benzene rings is 1. The van der Waals surface area contributed by atoms with Crippen LogP contribution < -0.4 is 0 Å². The number of aryl methyl sites for hydroxylation is 1. The predicted octanol–water partition coefficient (Wildman–Crippen LogP) is 1.21. The van der Waals surface area contributed by atoms with Crippen molar-refractivity contribution in [2.75, 3.05) is 26.2 Å². The molecule has 0 aliphatic carbocycles. The van der Waals surface area contributed by atoms with Gasteiger partial charge in [-0.2, -0.15) is 9.57 Å². The Hall–Kier alpha value is -1.42. The number of rotatable bonds is 3. The van der Waals surface area contributed by atoms with Crippen LogP contribution in [0.15, 0.2) is 29.2 Å². The third-order valence-electron chi connectivity index (χ3n) is 3.64. The zero-order valence-corrected chi connectivity index (χ0v) is 12.6. The minimum absolute atomic E-state index is 0.168.